The van der Waals surface area contributed by atoms with E-state index >= 15 is 0 Å². The van der Waals surface area contributed by atoms with Crippen LogP contribution in [-0.4, -0.2) is 84.0 Å². The van der Waals surface area contributed by atoms with Crippen molar-refractivity contribution in [3.8, 4) is 11.5 Å². The zero-order valence-corrected chi connectivity index (χ0v) is 29.6. The van der Waals surface area contributed by atoms with Crippen LogP contribution in [0, 0.1) is 5.92 Å². The molecule has 0 spiro atoms. The van der Waals surface area contributed by atoms with Gasteiger partial charge in [-0.3, -0.25) is 19.4 Å². The molecule has 12 nitrogen and oxygen atoms in total. The van der Waals surface area contributed by atoms with Gasteiger partial charge in [-0.15, -0.1) is 13.2 Å². The minimum atomic E-state index is -4.81. The summed E-state index contributed by atoms with van der Waals surface area (Å²) in [6.45, 7) is 5.97. The van der Waals surface area contributed by atoms with E-state index in [0.29, 0.717) is 30.7 Å². The number of aromatic nitrogens is 1. The van der Waals surface area contributed by atoms with Crippen LogP contribution < -0.4 is 19.7 Å². The maximum absolute atomic E-state index is 13.8. The number of hydrogen-bond donors (Lipinski definition) is 1. The average molecular weight is 726 g/mol. The number of alkyl halides is 3. The molecular formula is C37H42F3N5O7. The van der Waals surface area contributed by atoms with Gasteiger partial charge in [-0.2, -0.15) is 0 Å². The molecule has 1 aromatic heterocycles. The summed E-state index contributed by atoms with van der Waals surface area (Å²) in [5, 5.41) is 2.56. The largest absolute Gasteiger partial charge is 0.573 e. The highest BCUT2D eigenvalue weighted by atomic mass is 19.4. The van der Waals surface area contributed by atoms with Crippen molar-refractivity contribution in [1.29, 1.82) is 0 Å². The lowest BCUT2D eigenvalue weighted by Crippen LogP contribution is -2.70. The number of urea groups is 1. The molecule has 2 aromatic carbocycles. The second-order valence-corrected chi connectivity index (χ2v) is 13.7. The predicted octanol–water partition coefficient (Wildman–Crippen LogP) is 6.05. The number of methoxy groups -OCH3 is 1. The molecule has 1 unspecified atom stereocenters. The number of amides is 5. The Morgan fingerprint density at radius 1 is 0.981 bits per heavy atom. The molecule has 2 fully saturated rings. The van der Waals surface area contributed by atoms with Gasteiger partial charge >= 0.3 is 18.5 Å². The van der Waals surface area contributed by atoms with E-state index in [0.717, 1.165) is 16.0 Å². The lowest BCUT2D eigenvalue weighted by Gasteiger charge is -2.47. The number of pyridine rings is 1. The Kier molecular flexibility index (Phi) is 11.3. The Morgan fingerprint density at radius 3 is 2.27 bits per heavy atom. The quantitative estimate of drug-likeness (QED) is 0.264. The number of piperidine rings is 1. The molecule has 278 valence electrons. The zero-order chi connectivity index (χ0) is 37.8. The van der Waals surface area contributed by atoms with Gasteiger partial charge in [0.25, 0.3) is 0 Å². The van der Waals surface area contributed by atoms with Gasteiger partial charge < -0.3 is 24.4 Å². The van der Waals surface area contributed by atoms with Crippen molar-refractivity contribution < 1.29 is 46.6 Å². The van der Waals surface area contributed by atoms with Gasteiger partial charge in [-0.25, -0.2) is 14.6 Å². The number of rotatable bonds is 9. The smallest absolute Gasteiger partial charge is 0.497 e. The van der Waals surface area contributed by atoms with E-state index < -0.39 is 47.9 Å². The monoisotopic (exact) mass is 725 g/mol. The van der Waals surface area contributed by atoms with Crippen LogP contribution in [0.3, 0.4) is 0 Å². The second kappa shape index (κ2) is 15.5. The molecule has 0 aliphatic carbocycles. The first-order valence-corrected chi connectivity index (χ1v) is 16.8. The molecule has 15 heteroatoms. The van der Waals surface area contributed by atoms with E-state index in [4.69, 9.17) is 9.47 Å². The lowest BCUT2D eigenvalue weighted by atomic mass is 9.82. The number of anilines is 1. The summed E-state index contributed by atoms with van der Waals surface area (Å²) in [5.41, 5.74) is 1.34. The Hall–Kier alpha value is -5.34. The Bertz CT molecular complexity index is 1760. The van der Waals surface area contributed by atoms with Crippen LogP contribution >= 0.6 is 0 Å². The van der Waals surface area contributed by atoms with Crippen molar-refractivity contribution in [3.05, 3.63) is 83.6 Å². The van der Waals surface area contributed by atoms with Crippen LogP contribution in [0.4, 0.5) is 28.6 Å². The van der Waals surface area contributed by atoms with Gasteiger partial charge in [0, 0.05) is 32.3 Å². The molecule has 52 heavy (non-hydrogen) atoms. The van der Waals surface area contributed by atoms with Crippen molar-refractivity contribution in [1.82, 2.24) is 20.1 Å². The highest BCUT2D eigenvalue weighted by Gasteiger charge is 2.55. The molecule has 0 radical (unpaired) electrons. The standard InChI is InChI=1S/C37H42F3N5O7/c1-36(2,3)52-35(49)44(21-23-8-12-27(50-5)13-9-23)30-20-24(16-17-42-30)19-29-31(32(46)41-4)45(33(29)47)34(48)43-18-6-7-26(22-43)25-10-14-28(15-11-25)51-37(38,39)40/h8-17,20,26,29,31H,6-7,18-19,21-22H2,1-5H3,(H,41,46)/t26?,29-,31+/m1/s1. The second-order valence-electron chi connectivity index (χ2n) is 13.7. The van der Waals surface area contributed by atoms with Crippen molar-refractivity contribution >= 4 is 29.8 Å². The van der Waals surface area contributed by atoms with Crippen LogP contribution in [0.15, 0.2) is 66.9 Å². The third kappa shape index (κ3) is 9.11. The van der Waals surface area contributed by atoms with Crippen LogP contribution in [0.2, 0.25) is 0 Å². The number of ether oxygens (including phenoxy) is 3. The molecule has 3 atom stereocenters. The van der Waals surface area contributed by atoms with Crippen LogP contribution in [0.5, 0.6) is 11.5 Å². The van der Waals surface area contributed by atoms with E-state index in [1.165, 1.54) is 47.3 Å². The zero-order valence-electron chi connectivity index (χ0n) is 29.6. The summed E-state index contributed by atoms with van der Waals surface area (Å²) in [4.78, 5) is 62.3. The molecule has 5 amide bonds. The molecule has 5 rings (SSSR count). The fraction of sp³-hybridized carbons (Fsp3) is 0.432. The molecule has 0 bridgehead atoms. The Morgan fingerprint density at radius 2 is 1.65 bits per heavy atom. The molecule has 1 N–H and O–H groups in total. The number of hydrogen-bond acceptors (Lipinski definition) is 8. The van der Waals surface area contributed by atoms with Gasteiger partial charge in [-0.05, 0) is 93.1 Å². The molecule has 2 saturated heterocycles. The first-order chi connectivity index (χ1) is 24.6. The Balaban J connectivity index is 1.31. The number of carbonyl (C=O) groups is 4. The summed E-state index contributed by atoms with van der Waals surface area (Å²) in [5.74, 6) is -1.49. The lowest BCUT2D eigenvalue weighted by molar-refractivity contribution is -0.274. The van der Waals surface area contributed by atoms with Gasteiger partial charge in [0.1, 0.15) is 29.0 Å². The minimum Gasteiger partial charge on any atom is -0.497 e. The third-order valence-electron chi connectivity index (χ3n) is 8.87. The fourth-order valence-corrected chi connectivity index (χ4v) is 6.38. The number of carbonyl (C=O) groups excluding carboxylic acids is 4. The molecule has 0 saturated carbocycles. The number of likely N-dealkylation sites (tertiary alicyclic amines) is 2. The van der Waals surface area contributed by atoms with Crippen molar-refractivity contribution in [3.63, 3.8) is 0 Å². The van der Waals surface area contributed by atoms with Gasteiger partial charge in [0.05, 0.1) is 19.6 Å². The molecule has 3 aromatic rings. The van der Waals surface area contributed by atoms with Gasteiger partial charge in [0.15, 0.2) is 0 Å². The van der Waals surface area contributed by atoms with Gasteiger partial charge in [-0.1, -0.05) is 24.3 Å². The third-order valence-corrected chi connectivity index (χ3v) is 8.87. The molecular weight excluding hydrogens is 683 g/mol. The Labute approximate surface area is 299 Å². The topological polar surface area (TPSA) is 131 Å². The number of nitrogens with zero attached hydrogens (tertiary/aromatic N) is 4. The number of imide groups is 1. The summed E-state index contributed by atoms with van der Waals surface area (Å²) < 4.78 is 52.7. The van der Waals surface area contributed by atoms with E-state index in [-0.39, 0.29) is 37.0 Å². The van der Waals surface area contributed by atoms with Crippen LogP contribution in [0.1, 0.15) is 56.2 Å². The number of benzene rings is 2. The van der Waals surface area contributed by atoms with E-state index in [1.54, 1.807) is 52.1 Å². The maximum Gasteiger partial charge on any atom is 0.573 e. The summed E-state index contributed by atoms with van der Waals surface area (Å²) in [6.07, 6.45) is -2.56. The summed E-state index contributed by atoms with van der Waals surface area (Å²) in [6, 6.07) is 14.4. The van der Waals surface area contributed by atoms with Crippen LogP contribution in [0.25, 0.3) is 0 Å². The highest BCUT2D eigenvalue weighted by Crippen LogP contribution is 2.35. The normalized spacial score (nSPS) is 19.0. The number of likely N-dealkylation sites (N-methyl/N-ethyl adjacent to an activating group) is 1. The first kappa shape index (κ1) is 37.9. The molecule has 2 aliphatic heterocycles. The van der Waals surface area contributed by atoms with E-state index in [9.17, 15) is 32.3 Å². The fourth-order valence-electron chi connectivity index (χ4n) is 6.38. The number of nitrogens with one attached hydrogen (secondary N) is 1. The predicted molar refractivity (Wildman–Crippen MR) is 184 cm³/mol. The van der Waals surface area contributed by atoms with Crippen LogP contribution in [-0.2, 0) is 27.3 Å². The van der Waals surface area contributed by atoms with E-state index in [2.05, 4.69) is 15.0 Å². The molecule has 3 heterocycles. The minimum absolute atomic E-state index is 0.0931. The average Bonchev–Trinajstić information content (AvgIpc) is 3.10. The number of β-lactam (4-membered cyclic amide) rings is 1. The van der Waals surface area contributed by atoms with Crippen molar-refractivity contribution in [2.45, 2.75) is 70.5 Å². The first-order valence-electron chi connectivity index (χ1n) is 16.8. The number of halogens is 3. The van der Waals surface area contributed by atoms with E-state index in [1.807, 2.05) is 12.1 Å². The summed E-state index contributed by atoms with van der Waals surface area (Å²) in [7, 11) is 2.99. The molecule has 2 aliphatic rings. The van der Waals surface area contributed by atoms with Crippen molar-refractivity contribution in [2.75, 3.05) is 32.1 Å². The van der Waals surface area contributed by atoms with Crippen molar-refractivity contribution in [2.24, 2.45) is 5.92 Å². The summed E-state index contributed by atoms with van der Waals surface area (Å²) >= 11 is 0. The highest BCUT2D eigenvalue weighted by molar-refractivity contribution is 6.09. The maximum atomic E-state index is 13.8. The SMILES string of the molecule is CNC(=O)[C@@H]1[C@@H](Cc2ccnc(N(Cc3ccc(OC)cc3)C(=O)OC(C)(C)C)c2)C(=O)N1C(=O)N1CCCC(c2ccc(OC(F)(F)F)cc2)C1. The van der Waals surface area contributed by atoms with Gasteiger partial charge in [0.2, 0.25) is 11.8 Å².